The Bertz CT molecular complexity index is 1590. The van der Waals surface area contributed by atoms with Gasteiger partial charge in [0.2, 0.25) is 5.91 Å². The molecule has 7 nitrogen and oxygen atoms in total. The predicted octanol–water partition coefficient (Wildman–Crippen LogP) is 4.78. The van der Waals surface area contributed by atoms with Crippen LogP contribution in [0.4, 0.5) is 10.2 Å². The number of carbonyl (C=O) groups excluding carboxylic acids is 1. The lowest BCUT2D eigenvalue weighted by Gasteiger charge is -2.13. The van der Waals surface area contributed by atoms with E-state index in [4.69, 9.17) is 0 Å². The number of halogens is 1. The van der Waals surface area contributed by atoms with Crippen molar-refractivity contribution in [3.8, 4) is 11.3 Å². The van der Waals surface area contributed by atoms with Gasteiger partial charge in [0, 0.05) is 18.5 Å². The average molecular weight is 482 g/mol. The molecule has 0 radical (unpaired) electrons. The molecule has 0 unspecified atom stereocenters. The zero-order valence-corrected chi connectivity index (χ0v) is 19.7. The normalized spacial score (nSPS) is 11.1. The lowest BCUT2D eigenvalue weighted by atomic mass is 10.1. The van der Waals surface area contributed by atoms with Gasteiger partial charge in [0.05, 0.1) is 30.1 Å². The fourth-order valence-corrected chi connectivity index (χ4v) is 4.15. The maximum Gasteiger partial charge on any atom is 0.261 e. The highest BCUT2D eigenvalue weighted by molar-refractivity contribution is 5.93. The van der Waals surface area contributed by atoms with Gasteiger partial charge in [-0.2, -0.15) is 0 Å². The smallest absolute Gasteiger partial charge is 0.261 e. The van der Waals surface area contributed by atoms with Crippen LogP contribution in [0.25, 0.3) is 22.2 Å². The number of hydrogen-bond acceptors (Lipinski definition) is 4. The van der Waals surface area contributed by atoms with Crippen LogP contribution in [0.15, 0.2) is 90.2 Å². The first-order chi connectivity index (χ1) is 17.5. The van der Waals surface area contributed by atoms with Gasteiger partial charge in [-0.1, -0.05) is 42.5 Å². The summed E-state index contributed by atoms with van der Waals surface area (Å²) in [5.41, 5.74) is 3.67. The lowest BCUT2D eigenvalue weighted by molar-refractivity contribution is -0.116. The van der Waals surface area contributed by atoms with Gasteiger partial charge >= 0.3 is 0 Å². The van der Waals surface area contributed by atoms with Gasteiger partial charge in [0.25, 0.3) is 5.56 Å². The van der Waals surface area contributed by atoms with Gasteiger partial charge < -0.3 is 9.88 Å². The topological polar surface area (TPSA) is 81.8 Å². The SMILES string of the molecule is Cc1cccc2c(=O)n(CCC(=O)Nc3c(-c4ccc(F)cc4)ncn3Cc3ccccc3)cnc12. The van der Waals surface area contributed by atoms with Crippen molar-refractivity contribution >= 4 is 22.6 Å². The molecule has 180 valence electrons. The zero-order valence-electron chi connectivity index (χ0n) is 19.7. The highest BCUT2D eigenvalue weighted by Gasteiger charge is 2.17. The number of aryl methyl sites for hydroxylation is 2. The van der Waals surface area contributed by atoms with Crippen LogP contribution < -0.4 is 10.9 Å². The Labute approximate surface area is 206 Å². The molecular weight excluding hydrogens is 457 g/mol. The number of para-hydroxylation sites is 1. The Balaban J connectivity index is 1.39. The van der Waals surface area contributed by atoms with Crippen LogP contribution in [0, 0.1) is 12.7 Å². The molecule has 0 saturated heterocycles. The van der Waals surface area contributed by atoms with Crippen molar-refractivity contribution in [1.29, 1.82) is 0 Å². The number of amides is 1. The van der Waals surface area contributed by atoms with Gasteiger partial charge in [-0.25, -0.2) is 14.4 Å². The second-order valence-corrected chi connectivity index (χ2v) is 8.57. The molecule has 2 aromatic heterocycles. The van der Waals surface area contributed by atoms with Crippen molar-refractivity contribution < 1.29 is 9.18 Å². The van der Waals surface area contributed by atoms with Crippen LogP contribution >= 0.6 is 0 Å². The summed E-state index contributed by atoms with van der Waals surface area (Å²) >= 11 is 0. The highest BCUT2D eigenvalue weighted by atomic mass is 19.1. The van der Waals surface area contributed by atoms with Crippen LogP contribution in [0.1, 0.15) is 17.5 Å². The number of carbonyl (C=O) groups is 1. The average Bonchev–Trinajstić information content (AvgIpc) is 3.27. The molecule has 0 saturated carbocycles. The van der Waals surface area contributed by atoms with E-state index in [0.717, 1.165) is 11.1 Å². The van der Waals surface area contributed by atoms with Gasteiger partial charge in [-0.15, -0.1) is 0 Å². The van der Waals surface area contributed by atoms with E-state index in [1.165, 1.54) is 23.0 Å². The van der Waals surface area contributed by atoms with Gasteiger partial charge in [-0.05, 0) is 48.4 Å². The molecule has 0 aliphatic carbocycles. The number of nitrogens with one attached hydrogen (secondary N) is 1. The van der Waals surface area contributed by atoms with Crippen molar-refractivity contribution in [2.75, 3.05) is 5.32 Å². The zero-order chi connectivity index (χ0) is 25.1. The Morgan fingerprint density at radius 2 is 1.67 bits per heavy atom. The monoisotopic (exact) mass is 481 g/mol. The van der Waals surface area contributed by atoms with Crippen LogP contribution in [0.2, 0.25) is 0 Å². The van der Waals surface area contributed by atoms with Crippen LogP contribution in [0.3, 0.4) is 0 Å². The fraction of sp³-hybridized carbons (Fsp3) is 0.143. The first-order valence-corrected chi connectivity index (χ1v) is 11.6. The molecule has 36 heavy (non-hydrogen) atoms. The summed E-state index contributed by atoms with van der Waals surface area (Å²) < 4.78 is 16.8. The second kappa shape index (κ2) is 9.95. The van der Waals surface area contributed by atoms with E-state index in [1.54, 1.807) is 24.5 Å². The second-order valence-electron chi connectivity index (χ2n) is 8.57. The Morgan fingerprint density at radius 3 is 2.44 bits per heavy atom. The number of hydrogen-bond donors (Lipinski definition) is 1. The van der Waals surface area contributed by atoms with Crippen LogP contribution in [0.5, 0.6) is 0 Å². The third kappa shape index (κ3) is 4.79. The third-order valence-electron chi connectivity index (χ3n) is 6.04. The molecule has 5 aromatic rings. The largest absolute Gasteiger partial charge is 0.312 e. The molecule has 0 aliphatic heterocycles. The van der Waals surface area contributed by atoms with Crippen LogP contribution in [-0.2, 0) is 17.9 Å². The predicted molar refractivity (Wildman–Crippen MR) is 137 cm³/mol. The maximum atomic E-state index is 13.5. The number of rotatable bonds is 7. The van der Waals surface area contributed by atoms with Crippen molar-refractivity contribution in [1.82, 2.24) is 19.1 Å². The standard InChI is InChI=1S/C28H24FN5O2/c1-19-6-5-9-23-25(19)30-17-33(28(23)36)15-14-24(35)32-27-26(21-10-12-22(29)13-11-21)31-18-34(27)16-20-7-3-2-4-8-20/h2-13,17-18H,14-16H2,1H3,(H,32,35). The summed E-state index contributed by atoms with van der Waals surface area (Å²) in [7, 11) is 0. The molecule has 0 atom stereocenters. The van der Waals surface area contributed by atoms with E-state index in [9.17, 15) is 14.0 Å². The minimum absolute atomic E-state index is 0.0677. The van der Waals surface area contributed by atoms with E-state index in [2.05, 4.69) is 15.3 Å². The summed E-state index contributed by atoms with van der Waals surface area (Å²) in [5.74, 6) is -0.114. The third-order valence-corrected chi connectivity index (χ3v) is 6.04. The Hall–Kier alpha value is -4.59. The number of anilines is 1. The Morgan fingerprint density at radius 1 is 0.917 bits per heavy atom. The summed E-state index contributed by atoms with van der Waals surface area (Å²) in [6, 6.07) is 21.3. The summed E-state index contributed by atoms with van der Waals surface area (Å²) in [6.45, 7) is 2.59. The Kier molecular flexibility index (Phi) is 6.40. The first kappa shape index (κ1) is 23.2. The first-order valence-electron chi connectivity index (χ1n) is 11.6. The molecule has 3 aromatic carbocycles. The van der Waals surface area contributed by atoms with Gasteiger partial charge in [-0.3, -0.25) is 14.2 Å². The molecule has 1 N–H and O–H groups in total. The van der Waals surface area contributed by atoms with Crippen molar-refractivity contribution in [2.45, 2.75) is 26.4 Å². The molecule has 2 heterocycles. The number of fused-ring (bicyclic) bond motifs is 1. The van der Waals surface area contributed by atoms with Crippen molar-refractivity contribution in [3.63, 3.8) is 0 Å². The van der Waals surface area contributed by atoms with Gasteiger partial charge in [0.1, 0.15) is 17.3 Å². The van der Waals surface area contributed by atoms with Crippen molar-refractivity contribution in [2.24, 2.45) is 0 Å². The van der Waals surface area contributed by atoms with E-state index in [1.807, 2.05) is 54.0 Å². The molecule has 8 heteroatoms. The van der Waals surface area contributed by atoms with E-state index >= 15 is 0 Å². The molecule has 5 rings (SSSR count). The molecule has 0 aliphatic rings. The molecule has 1 amide bonds. The number of nitrogens with zero attached hydrogens (tertiary/aromatic N) is 4. The minimum atomic E-state index is -0.349. The number of aromatic nitrogens is 4. The summed E-state index contributed by atoms with van der Waals surface area (Å²) in [6.07, 6.45) is 3.20. The maximum absolute atomic E-state index is 13.5. The van der Waals surface area contributed by atoms with Crippen LogP contribution in [-0.4, -0.2) is 25.0 Å². The van der Waals surface area contributed by atoms with Gasteiger partial charge in [0.15, 0.2) is 0 Å². The van der Waals surface area contributed by atoms with E-state index in [-0.39, 0.29) is 30.2 Å². The quantitative estimate of drug-likeness (QED) is 0.363. The number of benzene rings is 3. The highest BCUT2D eigenvalue weighted by Crippen LogP contribution is 2.28. The van der Waals surface area contributed by atoms with E-state index < -0.39 is 0 Å². The molecule has 0 fully saturated rings. The van der Waals surface area contributed by atoms with E-state index in [0.29, 0.717) is 34.5 Å². The number of imidazole rings is 1. The molecule has 0 spiro atoms. The summed E-state index contributed by atoms with van der Waals surface area (Å²) in [4.78, 5) is 34.8. The lowest BCUT2D eigenvalue weighted by Crippen LogP contribution is -2.24. The fourth-order valence-electron chi connectivity index (χ4n) is 4.15. The molecule has 0 bridgehead atoms. The van der Waals surface area contributed by atoms with Crippen molar-refractivity contribution in [3.05, 3.63) is 113 Å². The summed E-state index contributed by atoms with van der Waals surface area (Å²) in [5, 5.41) is 3.49. The minimum Gasteiger partial charge on any atom is -0.312 e. The molecular formula is C28H24FN5O2.